The third kappa shape index (κ3) is 7.76. The molecular formula is C26H33N5O6. The maximum Gasteiger partial charge on any atom is 0.266 e. The van der Waals surface area contributed by atoms with Crippen LogP contribution in [0.4, 0.5) is 0 Å². The minimum atomic E-state index is -1.12. The van der Waals surface area contributed by atoms with Crippen molar-refractivity contribution in [3.63, 3.8) is 0 Å². The Balaban J connectivity index is 1.51. The van der Waals surface area contributed by atoms with Crippen LogP contribution in [-0.4, -0.2) is 64.4 Å². The van der Waals surface area contributed by atoms with Gasteiger partial charge in [0.2, 0.25) is 11.8 Å². The first-order valence-corrected chi connectivity index (χ1v) is 12.1. The molecule has 0 bridgehead atoms. The molecule has 1 aliphatic heterocycles. The molecule has 3 rings (SSSR count). The number of aromatic hydroxyl groups is 1. The molecular weight excluding hydrogens is 478 g/mol. The van der Waals surface area contributed by atoms with E-state index in [1.54, 1.807) is 12.1 Å². The van der Waals surface area contributed by atoms with Gasteiger partial charge in [-0.3, -0.25) is 24.0 Å². The number of likely N-dealkylation sites (tertiary alicyclic amines) is 1. The molecule has 1 fully saturated rings. The molecule has 1 saturated heterocycles. The van der Waals surface area contributed by atoms with Crippen LogP contribution in [0.15, 0.2) is 54.6 Å². The van der Waals surface area contributed by atoms with Gasteiger partial charge in [0.15, 0.2) is 6.10 Å². The highest BCUT2D eigenvalue weighted by atomic mass is 16.7. The zero-order valence-electron chi connectivity index (χ0n) is 20.6. The van der Waals surface area contributed by atoms with E-state index in [0.29, 0.717) is 19.4 Å². The summed E-state index contributed by atoms with van der Waals surface area (Å²) in [5, 5.41) is 12.0. The molecule has 1 heterocycles. The minimum absolute atomic E-state index is 0.115. The topological polar surface area (TPSA) is 177 Å². The van der Waals surface area contributed by atoms with Crippen molar-refractivity contribution in [3.8, 4) is 5.75 Å². The molecule has 0 aromatic heterocycles. The molecule has 0 spiro atoms. The predicted molar refractivity (Wildman–Crippen MR) is 134 cm³/mol. The standard InChI is InChI=1S/C26H33N5O6/c1-16(24(34)29-21(23(28)33)15-17-6-3-2-4-7-17)37-30-25(35)22-8-5-13-31(22)26(36)20(27)14-18-9-11-19(32)12-10-18/h2-4,6-7,9-12,16,20-22,32H,5,8,13-15,27H2,1H3,(H2,28,33)(H,29,34)(H,30,35). The third-order valence-electron chi connectivity index (χ3n) is 6.20. The molecule has 11 nitrogen and oxygen atoms in total. The SMILES string of the molecule is CC(ONC(=O)C1CCCN1C(=O)C(N)Cc1ccc(O)cc1)C(=O)NC(Cc1ccccc1)C(N)=O. The van der Waals surface area contributed by atoms with Crippen molar-refractivity contribution >= 4 is 23.6 Å². The van der Waals surface area contributed by atoms with E-state index in [1.165, 1.54) is 24.0 Å². The number of phenols is 1. The number of rotatable bonds is 11. The Bertz CT molecular complexity index is 1090. The van der Waals surface area contributed by atoms with Crippen LogP contribution in [0.5, 0.6) is 5.75 Å². The highest BCUT2D eigenvalue weighted by molar-refractivity contribution is 5.91. The van der Waals surface area contributed by atoms with Crippen LogP contribution >= 0.6 is 0 Å². The first-order chi connectivity index (χ1) is 17.7. The number of nitrogens with zero attached hydrogens (tertiary/aromatic N) is 1. The summed E-state index contributed by atoms with van der Waals surface area (Å²) >= 11 is 0. The number of nitrogens with two attached hydrogens (primary N) is 2. The van der Waals surface area contributed by atoms with Gasteiger partial charge in [-0.25, -0.2) is 5.48 Å². The maximum atomic E-state index is 12.9. The Kier molecular flexibility index (Phi) is 9.58. The smallest absolute Gasteiger partial charge is 0.266 e. The number of hydrogen-bond acceptors (Lipinski definition) is 7. The fourth-order valence-corrected chi connectivity index (χ4v) is 4.12. The number of hydrogen-bond donors (Lipinski definition) is 5. The summed E-state index contributed by atoms with van der Waals surface area (Å²) < 4.78 is 0. The van der Waals surface area contributed by atoms with E-state index < -0.39 is 42.0 Å². The molecule has 1 aliphatic rings. The van der Waals surface area contributed by atoms with Crippen molar-refractivity contribution in [3.05, 3.63) is 65.7 Å². The second-order valence-electron chi connectivity index (χ2n) is 9.05. The van der Waals surface area contributed by atoms with Crippen LogP contribution in [0.3, 0.4) is 0 Å². The van der Waals surface area contributed by atoms with Gasteiger partial charge in [0.1, 0.15) is 17.8 Å². The molecule has 2 aromatic rings. The lowest BCUT2D eigenvalue weighted by atomic mass is 10.0. The molecule has 0 radical (unpaired) electrons. The van der Waals surface area contributed by atoms with Gasteiger partial charge in [-0.2, -0.15) is 0 Å². The summed E-state index contributed by atoms with van der Waals surface area (Å²) in [5.74, 6) is -2.16. The first kappa shape index (κ1) is 27.6. The van der Waals surface area contributed by atoms with Crippen LogP contribution in [0.1, 0.15) is 30.9 Å². The van der Waals surface area contributed by atoms with Crippen LogP contribution in [-0.2, 0) is 36.9 Å². The van der Waals surface area contributed by atoms with E-state index in [1.807, 2.05) is 30.3 Å². The molecule has 0 saturated carbocycles. The van der Waals surface area contributed by atoms with Gasteiger partial charge in [0.25, 0.3) is 11.8 Å². The van der Waals surface area contributed by atoms with Crippen LogP contribution in [0.2, 0.25) is 0 Å². The van der Waals surface area contributed by atoms with E-state index in [2.05, 4.69) is 10.8 Å². The van der Waals surface area contributed by atoms with Crippen molar-refractivity contribution in [2.75, 3.05) is 6.54 Å². The highest BCUT2D eigenvalue weighted by Crippen LogP contribution is 2.20. The fraction of sp³-hybridized carbons (Fsp3) is 0.385. The first-order valence-electron chi connectivity index (χ1n) is 12.1. The molecule has 37 heavy (non-hydrogen) atoms. The number of carbonyl (C=O) groups is 4. The van der Waals surface area contributed by atoms with Crippen molar-refractivity contribution < 1.29 is 29.1 Å². The summed E-state index contributed by atoms with van der Waals surface area (Å²) in [6.07, 6.45) is 0.385. The van der Waals surface area contributed by atoms with Crippen LogP contribution in [0.25, 0.3) is 0 Å². The molecule has 7 N–H and O–H groups in total. The molecule has 4 atom stereocenters. The Hall–Kier alpha value is -3.96. The van der Waals surface area contributed by atoms with Gasteiger partial charge in [-0.05, 0) is 49.4 Å². The van der Waals surface area contributed by atoms with Gasteiger partial charge in [0, 0.05) is 13.0 Å². The number of nitrogens with one attached hydrogen (secondary N) is 2. The lowest BCUT2D eigenvalue weighted by Crippen LogP contribution is -2.53. The van der Waals surface area contributed by atoms with Crippen LogP contribution in [0, 0.1) is 0 Å². The maximum absolute atomic E-state index is 12.9. The summed E-state index contributed by atoms with van der Waals surface area (Å²) in [6.45, 7) is 1.79. The summed E-state index contributed by atoms with van der Waals surface area (Å²) in [5.41, 5.74) is 15.4. The molecule has 4 unspecified atom stereocenters. The average molecular weight is 512 g/mol. The zero-order valence-corrected chi connectivity index (χ0v) is 20.6. The van der Waals surface area contributed by atoms with Crippen molar-refractivity contribution in [1.29, 1.82) is 0 Å². The highest BCUT2D eigenvalue weighted by Gasteiger charge is 2.36. The summed E-state index contributed by atoms with van der Waals surface area (Å²) in [6, 6.07) is 12.9. The number of phenolic OH excluding ortho intramolecular Hbond substituents is 1. The Labute approximate surface area is 215 Å². The second kappa shape index (κ2) is 12.8. The second-order valence-corrected chi connectivity index (χ2v) is 9.05. The van der Waals surface area contributed by atoms with Gasteiger partial charge in [0.05, 0.1) is 6.04 Å². The van der Waals surface area contributed by atoms with Gasteiger partial charge < -0.3 is 26.8 Å². The minimum Gasteiger partial charge on any atom is -0.508 e. The quantitative estimate of drug-likeness (QED) is 0.262. The number of amides is 4. The van der Waals surface area contributed by atoms with E-state index in [-0.39, 0.29) is 24.5 Å². The van der Waals surface area contributed by atoms with Gasteiger partial charge in [-0.15, -0.1) is 0 Å². The lowest BCUT2D eigenvalue weighted by Gasteiger charge is -2.27. The molecule has 198 valence electrons. The number of carbonyl (C=O) groups excluding carboxylic acids is 4. The summed E-state index contributed by atoms with van der Waals surface area (Å²) in [4.78, 5) is 56.7. The predicted octanol–water partition coefficient (Wildman–Crippen LogP) is -0.0979. The van der Waals surface area contributed by atoms with Crippen LogP contribution < -0.4 is 22.3 Å². The molecule has 4 amide bonds. The largest absolute Gasteiger partial charge is 0.508 e. The summed E-state index contributed by atoms with van der Waals surface area (Å²) in [7, 11) is 0. The third-order valence-corrected chi connectivity index (χ3v) is 6.20. The number of hydroxylamine groups is 1. The van der Waals surface area contributed by atoms with Gasteiger partial charge >= 0.3 is 0 Å². The molecule has 0 aliphatic carbocycles. The molecule has 11 heteroatoms. The normalized spacial score (nSPS) is 17.5. The zero-order chi connectivity index (χ0) is 26.9. The van der Waals surface area contributed by atoms with E-state index >= 15 is 0 Å². The number of benzene rings is 2. The Morgan fingerprint density at radius 2 is 1.70 bits per heavy atom. The Morgan fingerprint density at radius 1 is 1.05 bits per heavy atom. The van der Waals surface area contributed by atoms with Gasteiger partial charge in [-0.1, -0.05) is 42.5 Å². The monoisotopic (exact) mass is 511 g/mol. The van der Waals surface area contributed by atoms with Crippen molar-refractivity contribution in [1.82, 2.24) is 15.7 Å². The molecule has 2 aromatic carbocycles. The number of primary amides is 1. The van der Waals surface area contributed by atoms with E-state index in [4.69, 9.17) is 16.3 Å². The van der Waals surface area contributed by atoms with Crippen molar-refractivity contribution in [2.45, 2.75) is 56.8 Å². The average Bonchev–Trinajstić information content (AvgIpc) is 3.38. The van der Waals surface area contributed by atoms with E-state index in [9.17, 15) is 24.3 Å². The van der Waals surface area contributed by atoms with E-state index in [0.717, 1.165) is 11.1 Å². The Morgan fingerprint density at radius 3 is 2.35 bits per heavy atom. The lowest BCUT2D eigenvalue weighted by molar-refractivity contribution is -0.153. The van der Waals surface area contributed by atoms with Crippen molar-refractivity contribution in [2.24, 2.45) is 11.5 Å². The fourth-order valence-electron chi connectivity index (χ4n) is 4.12.